The highest BCUT2D eigenvalue weighted by atomic mass is 16.2. The van der Waals surface area contributed by atoms with E-state index < -0.39 is 0 Å². The summed E-state index contributed by atoms with van der Waals surface area (Å²) in [7, 11) is 0. The first kappa shape index (κ1) is 20.9. The van der Waals surface area contributed by atoms with Crippen LogP contribution in [0.15, 0.2) is 24.3 Å². The summed E-state index contributed by atoms with van der Waals surface area (Å²) >= 11 is 0. The number of H-pyrrole nitrogens is 1. The number of anilines is 2. The molecule has 10 heteroatoms. The molecule has 1 fully saturated rings. The number of carbonyl (C=O) groups is 3. The van der Waals surface area contributed by atoms with Gasteiger partial charge in [-0.25, -0.2) is 9.80 Å². The summed E-state index contributed by atoms with van der Waals surface area (Å²) in [6.45, 7) is 5.14. The smallest absolute Gasteiger partial charge is 0.329 e. The van der Waals surface area contributed by atoms with Crippen LogP contribution in [0.25, 0.3) is 0 Å². The molecule has 1 unspecified atom stereocenters. The molecular weight excluding hydrogens is 398 g/mol. The van der Waals surface area contributed by atoms with E-state index in [-0.39, 0.29) is 23.9 Å². The Morgan fingerprint density at radius 2 is 2.03 bits per heavy atom. The first-order valence-corrected chi connectivity index (χ1v) is 10.5. The number of rotatable bonds is 6. The fraction of sp³-hybridized carbons (Fsp3) is 0.429. The number of aromatic nitrogens is 2. The van der Waals surface area contributed by atoms with Crippen LogP contribution < -0.4 is 21.0 Å². The Morgan fingerprint density at radius 1 is 1.26 bits per heavy atom. The van der Waals surface area contributed by atoms with E-state index in [9.17, 15) is 14.4 Å². The van der Waals surface area contributed by atoms with E-state index in [1.54, 1.807) is 4.90 Å². The Bertz CT molecular complexity index is 985. The summed E-state index contributed by atoms with van der Waals surface area (Å²) in [6, 6.07) is 7.11. The van der Waals surface area contributed by atoms with Gasteiger partial charge in [0.05, 0.1) is 18.3 Å². The van der Waals surface area contributed by atoms with Crippen LogP contribution in [0, 0.1) is 0 Å². The Kier molecular flexibility index (Phi) is 5.90. The zero-order chi connectivity index (χ0) is 22.0. The van der Waals surface area contributed by atoms with Crippen molar-refractivity contribution in [2.75, 3.05) is 23.3 Å². The normalized spacial score (nSPS) is 18.2. The van der Waals surface area contributed by atoms with Crippen molar-refractivity contribution in [3.05, 3.63) is 41.1 Å². The van der Waals surface area contributed by atoms with Gasteiger partial charge >= 0.3 is 6.03 Å². The highest BCUT2D eigenvalue weighted by molar-refractivity contribution is 5.95. The lowest BCUT2D eigenvalue weighted by atomic mass is 10.0. The highest BCUT2D eigenvalue weighted by Crippen LogP contribution is 2.41. The van der Waals surface area contributed by atoms with Crippen molar-refractivity contribution < 1.29 is 14.4 Å². The number of carbonyl (C=O) groups excluding carboxylic acids is 3. The third kappa shape index (κ3) is 4.24. The van der Waals surface area contributed by atoms with Crippen molar-refractivity contribution in [1.29, 1.82) is 0 Å². The van der Waals surface area contributed by atoms with Crippen molar-refractivity contribution >= 4 is 29.4 Å². The van der Waals surface area contributed by atoms with Gasteiger partial charge in [-0.05, 0) is 30.5 Å². The molecule has 0 saturated carbocycles. The van der Waals surface area contributed by atoms with Gasteiger partial charge in [0.2, 0.25) is 11.8 Å². The molecule has 1 aromatic heterocycles. The monoisotopic (exact) mass is 425 g/mol. The molecule has 2 aliphatic rings. The van der Waals surface area contributed by atoms with E-state index in [2.05, 4.69) is 26.3 Å². The molecule has 164 valence electrons. The molecular formula is C21H27N7O3. The highest BCUT2D eigenvalue weighted by Gasteiger charge is 2.37. The van der Waals surface area contributed by atoms with Crippen LogP contribution in [0.1, 0.15) is 56.0 Å². The van der Waals surface area contributed by atoms with Gasteiger partial charge < -0.3 is 15.5 Å². The van der Waals surface area contributed by atoms with Crippen LogP contribution in [-0.2, 0) is 16.1 Å². The lowest BCUT2D eigenvalue weighted by Crippen LogP contribution is -2.46. The molecule has 2 aromatic rings. The Labute approximate surface area is 180 Å². The minimum atomic E-state index is -0.341. The molecule has 4 N–H and O–H groups in total. The average molecular weight is 425 g/mol. The first-order valence-electron chi connectivity index (χ1n) is 10.5. The van der Waals surface area contributed by atoms with Gasteiger partial charge in [-0.3, -0.25) is 20.1 Å². The lowest BCUT2D eigenvalue weighted by molar-refractivity contribution is -0.117. The molecule has 4 amide bonds. The number of nitrogens with one attached hydrogen (secondary N) is 4. The summed E-state index contributed by atoms with van der Waals surface area (Å²) in [6.07, 6.45) is 2.28. The predicted octanol–water partition coefficient (Wildman–Crippen LogP) is 2.02. The Hall–Kier alpha value is -3.40. The van der Waals surface area contributed by atoms with E-state index in [1.165, 1.54) is 6.92 Å². The molecule has 10 nitrogen and oxygen atoms in total. The van der Waals surface area contributed by atoms with Crippen LogP contribution in [0.3, 0.4) is 0 Å². The molecule has 1 saturated heterocycles. The largest absolute Gasteiger partial charge is 0.337 e. The Balaban J connectivity index is 1.64. The minimum Gasteiger partial charge on any atom is -0.337 e. The van der Waals surface area contributed by atoms with Gasteiger partial charge in [-0.15, -0.1) is 0 Å². The standard InChI is InChI=1S/C21H27N7O3/c1-3-10-22-21(31)26-28-12-16-18(20(25-24-16)23-13(2)29)19(28)14-6-8-15(9-7-14)27-11-4-5-17(27)30/h6-9,19H,3-5,10-12H2,1-2H3,(H2,22,26,31)(H2,23,24,25,29). The number of amides is 4. The number of hydrogen-bond donors (Lipinski definition) is 4. The second-order valence-electron chi connectivity index (χ2n) is 7.78. The number of hydrazine groups is 1. The number of fused-ring (bicyclic) bond motifs is 1. The minimum absolute atomic E-state index is 0.134. The van der Waals surface area contributed by atoms with Crippen molar-refractivity contribution in [3.63, 3.8) is 0 Å². The molecule has 0 spiro atoms. The summed E-state index contributed by atoms with van der Waals surface area (Å²) in [4.78, 5) is 37.8. The number of urea groups is 1. The molecule has 2 aliphatic heterocycles. The second-order valence-corrected chi connectivity index (χ2v) is 7.78. The fourth-order valence-electron chi connectivity index (χ4n) is 4.10. The van der Waals surface area contributed by atoms with E-state index in [1.807, 2.05) is 36.2 Å². The van der Waals surface area contributed by atoms with Crippen LogP contribution in [0.2, 0.25) is 0 Å². The summed E-state index contributed by atoms with van der Waals surface area (Å²) in [5.74, 6) is 0.363. The maximum absolute atomic E-state index is 12.3. The lowest BCUT2D eigenvalue weighted by Gasteiger charge is -2.27. The third-order valence-electron chi connectivity index (χ3n) is 5.47. The van der Waals surface area contributed by atoms with Gasteiger partial charge in [0.1, 0.15) is 0 Å². The van der Waals surface area contributed by atoms with Crippen LogP contribution >= 0.6 is 0 Å². The number of hydrogen-bond acceptors (Lipinski definition) is 5. The molecule has 31 heavy (non-hydrogen) atoms. The van der Waals surface area contributed by atoms with Gasteiger partial charge in [-0.2, -0.15) is 5.10 Å². The fourth-order valence-corrected chi connectivity index (χ4v) is 4.10. The van der Waals surface area contributed by atoms with Crippen LogP contribution in [-0.4, -0.2) is 46.1 Å². The number of nitrogens with zero attached hydrogens (tertiary/aromatic N) is 3. The zero-order valence-corrected chi connectivity index (χ0v) is 17.7. The van der Waals surface area contributed by atoms with Crippen LogP contribution in [0.4, 0.5) is 16.3 Å². The summed E-state index contributed by atoms with van der Waals surface area (Å²) < 4.78 is 0. The van der Waals surface area contributed by atoms with Crippen molar-refractivity contribution in [2.24, 2.45) is 0 Å². The van der Waals surface area contributed by atoms with E-state index in [0.717, 1.165) is 41.9 Å². The quantitative estimate of drug-likeness (QED) is 0.564. The molecule has 0 bridgehead atoms. The predicted molar refractivity (Wildman–Crippen MR) is 115 cm³/mol. The van der Waals surface area contributed by atoms with Crippen molar-refractivity contribution in [3.8, 4) is 0 Å². The molecule has 3 heterocycles. The van der Waals surface area contributed by atoms with Gasteiger partial charge in [0.15, 0.2) is 5.82 Å². The molecule has 0 radical (unpaired) electrons. The van der Waals surface area contributed by atoms with E-state index in [4.69, 9.17) is 0 Å². The summed E-state index contributed by atoms with van der Waals surface area (Å²) in [5.41, 5.74) is 6.32. The van der Waals surface area contributed by atoms with Gasteiger partial charge in [-0.1, -0.05) is 19.1 Å². The van der Waals surface area contributed by atoms with Crippen molar-refractivity contribution in [1.82, 2.24) is 25.9 Å². The average Bonchev–Trinajstić information content (AvgIpc) is 3.42. The topological polar surface area (TPSA) is 122 Å². The second kappa shape index (κ2) is 8.76. The van der Waals surface area contributed by atoms with E-state index in [0.29, 0.717) is 25.3 Å². The Morgan fingerprint density at radius 3 is 2.68 bits per heavy atom. The van der Waals surface area contributed by atoms with Gasteiger partial charge in [0.25, 0.3) is 0 Å². The molecule has 1 atom stereocenters. The number of benzene rings is 1. The third-order valence-corrected chi connectivity index (χ3v) is 5.47. The van der Waals surface area contributed by atoms with Crippen LogP contribution in [0.5, 0.6) is 0 Å². The molecule has 1 aromatic carbocycles. The zero-order valence-electron chi connectivity index (χ0n) is 17.7. The SMILES string of the molecule is CCCNC(=O)NN1Cc2[nH]nc(NC(C)=O)c2C1c1ccc(N2CCCC2=O)cc1. The van der Waals surface area contributed by atoms with Gasteiger partial charge in [0, 0.05) is 37.7 Å². The maximum atomic E-state index is 12.3. The molecule has 4 rings (SSSR count). The van der Waals surface area contributed by atoms with Crippen molar-refractivity contribution in [2.45, 2.75) is 45.7 Å². The first-order chi connectivity index (χ1) is 15.0. The number of aromatic amines is 1. The van der Waals surface area contributed by atoms with E-state index >= 15 is 0 Å². The summed E-state index contributed by atoms with van der Waals surface area (Å²) in [5, 5.41) is 14.6. The maximum Gasteiger partial charge on any atom is 0.329 e. The molecule has 0 aliphatic carbocycles.